The number of hydrogen-bond acceptors (Lipinski definition) is 2. The average molecular weight is 265 g/mol. The number of rotatable bonds is 10. The van der Waals surface area contributed by atoms with Gasteiger partial charge in [-0.15, -0.1) is 0 Å². The van der Waals surface area contributed by atoms with Crippen LogP contribution in [0.3, 0.4) is 0 Å². The molecule has 0 N–H and O–H groups in total. The lowest BCUT2D eigenvalue weighted by atomic mass is 10.0. The van der Waals surface area contributed by atoms with Crippen molar-refractivity contribution < 1.29 is 4.74 Å². The Morgan fingerprint density at radius 2 is 2.00 bits per heavy atom. The van der Waals surface area contributed by atoms with E-state index in [1.165, 1.54) is 5.57 Å². The van der Waals surface area contributed by atoms with E-state index in [0.717, 1.165) is 32.6 Å². The third kappa shape index (κ3) is 8.02. The Kier molecular flexibility index (Phi) is 9.54. The van der Waals surface area contributed by atoms with Crippen LogP contribution in [0.5, 0.6) is 0 Å². The summed E-state index contributed by atoms with van der Waals surface area (Å²) in [6.07, 6.45) is 10.4. The molecule has 0 saturated heterocycles. The molecule has 0 aliphatic carbocycles. The van der Waals surface area contributed by atoms with E-state index in [1.54, 1.807) is 0 Å². The molecule has 0 aromatic rings. The molecular formula is C17H31NO. The summed E-state index contributed by atoms with van der Waals surface area (Å²) in [5.74, 6) is 0. The van der Waals surface area contributed by atoms with Crippen molar-refractivity contribution in [3.8, 4) is 0 Å². The summed E-state index contributed by atoms with van der Waals surface area (Å²) in [7, 11) is 2.14. The van der Waals surface area contributed by atoms with E-state index in [1.807, 2.05) is 6.08 Å². The first-order valence-corrected chi connectivity index (χ1v) is 7.25. The van der Waals surface area contributed by atoms with Crippen molar-refractivity contribution in [3.63, 3.8) is 0 Å². The summed E-state index contributed by atoms with van der Waals surface area (Å²) >= 11 is 0. The lowest BCUT2D eigenvalue weighted by molar-refractivity contribution is 0.0293. The van der Waals surface area contributed by atoms with Crippen LogP contribution < -0.4 is 0 Å². The lowest BCUT2D eigenvalue weighted by Crippen LogP contribution is -2.45. The van der Waals surface area contributed by atoms with Crippen molar-refractivity contribution in [2.45, 2.75) is 46.1 Å². The number of hydrogen-bond donors (Lipinski definition) is 0. The normalized spacial score (nSPS) is 13.5. The van der Waals surface area contributed by atoms with E-state index in [4.69, 9.17) is 4.74 Å². The van der Waals surface area contributed by atoms with E-state index in [0.29, 0.717) is 0 Å². The molecule has 0 fully saturated rings. The van der Waals surface area contributed by atoms with Crippen LogP contribution in [-0.2, 0) is 4.74 Å². The fraction of sp³-hybridized carbons (Fsp3) is 0.647. The van der Waals surface area contributed by atoms with Gasteiger partial charge in [0.1, 0.15) is 0 Å². The lowest BCUT2D eigenvalue weighted by Gasteiger charge is -2.35. The van der Waals surface area contributed by atoms with Gasteiger partial charge in [-0.2, -0.15) is 0 Å². The third-order valence-electron chi connectivity index (χ3n) is 3.16. The molecule has 0 rings (SSSR count). The van der Waals surface area contributed by atoms with Gasteiger partial charge in [0.2, 0.25) is 0 Å². The van der Waals surface area contributed by atoms with Gasteiger partial charge in [-0.1, -0.05) is 44.7 Å². The minimum Gasteiger partial charge on any atom is -0.380 e. The quantitative estimate of drug-likeness (QED) is 0.433. The zero-order chi connectivity index (χ0) is 14.7. The largest absolute Gasteiger partial charge is 0.380 e. The Balaban J connectivity index is 4.52. The Morgan fingerprint density at radius 3 is 2.53 bits per heavy atom. The maximum Gasteiger partial charge on any atom is 0.0645 e. The summed E-state index contributed by atoms with van der Waals surface area (Å²) in [4.78, 5) is 2.33. The Morgan fingerprint density at radius 1 is 1.32 bits per heavy atom. The van der Waals surface area contributed by atoms with Crippen LogP contribution in [0.4, 0.5) is 0 Å². The third-order valence-corrected chi connectivity index (χ3v) is 3.16. The highest BCUT2D eigenvalue weighted by molar-refractivity contribution is 5.24. The van der Waals surface area contributed by atoms with Crippen LogP contribution in [0.1, 0.15) is 40.5 Å². The van der Waals surface area contributed by atoms with Crippen molar-refractivity contribution in [3.05, 3.63) is 36.5 Å². The second-order valence-corrected chi connectivity index (χ2v) is 5.51. The molecule has 110 valence electrons. The van der Waals surface area contributed by atoms with Crippen molar-refractivity contribution in [2.75, 3.05) is 26.8 Å². The zero-order valence-corrected chi connectivity index (χ0v) is 13.4. The first kappa shape index (κ1) is 18.1. The molecule has 0 radical (unpaired) electrons. The van der Waals surface area contributed by atoms with Crippen LogP contribution in [0, 0.1) is 0 Å². The Bertz CT molecular complexity index is 302. The first-order valence-electron chi connectivity index (χ1n) is 7.25. The monoisotopic (exact) mass is 265 g/mol. The molecule has 2 nitrogen and oxygen atoms in total. The van der Waals surface area contributed by atoms with E-state index in [2.05, 4.69) is 64.4 Å². The average Bonchev–Trinajstić information content (AvgIpc) is 2.36. The second-order valence-electron chi connectivity index (χ2n) is 5.51. The summed E-state index contributed by atoms with van der Waals surface area (Å²) in [6, 6.07) is 0. The maximum absolute atomic E-state index is 5.69. The maximum atomic E-state index is 5.69. The predicted octanol–water partition coefficient (Wildman–Crippen LogP) is 4.20. The summed E-state index contributed by atoms with van der Waals surface area (Å²) in [6.45, 7) is 15.0. The topological polar surface area (TPSA) is 12.5 Å². The number of allylic oxidation sites excluding steroid dienone is 3. The molecule has 0 bridgehead atoms. The van der Waals surface area contributed by atoms with Gasteiger partial charge in [-0.25, -0.2) is 0 Å². The van der Waals surface area contributed by atoms with Gasteiger partial charge in [0, 0.05) is 18.7 Å². The molecule has 0 atom stereocenters. The van der Waals surface area contributed by atoms with Crippen molar-refractivity contribution >= 4 is 0 Å². The van der Waals surface area contributed by atoms with E-state index in [-0.39, 0.29) is 5.54 Å². The standard InChI is InChI=1S/C17H31NO/c1-7-10-12-16(11-8-2)14-18(6)17(4,5)15-19-13-9-3/h8,10-12H,2,7,9,13-15H2,1,3-6H3/b12-10-,16-11+. The molecule has 0 aliphatic heterocycles. The summed E-state index contributed by atoms with van der Waals surface area (Å²) in [5.41, 5.74) is 1.32. The van der Waals surface area contributed by atoms with Crippen molar-refractivity contribution in [2.24, 2.45) is 0 Å². The number of likely N-dealkylation sites (N-methyl/N-ethyl adjacent to an activating group) is 1. The predicted molar refractivity (Wildman–Crippen MR) is 85.5 cm³/mol. The SMILES string of the molecule is C=C/C=C(\C=C/CC)CN(C)C(C)(C)COCCC. The molecule has 0 aliphatic rings. The van der Waals surface area contributed by atoms with E-state index in [9.17, 15) is 0 Å². The van der Waals surface area contributed by atoms with Crippen LogP contribution in [-0.4, -0.2) is 37.2 Å². The highest BCUT2D eigenvalue weighted by atomic mass is 16.5. The van der Waals surface area contributed by atoms with Gasteiger partial charge in [0.25, 0.3) is 0 Å². The molecule has 0 heterocycles. The van der Waals surface area contributed by atoms with Crippen molar-refractivity contribution in [1.29, 1.82) is 0 Å². The number of nitrogens with zero attached hydrogens (tertiary/aromatic N) is 1. The molecule has 2 heteroatoms. The molecule has 0 amide bonds. The highest BCUT2D eigenvalue weighted by Crippen LogP contribution is 2.15. The Labute approximate surface area is 119 Å². The van der Waals surface area contributed by atoms with Gasteiger partial charge < -0.3 is 4.74 Å². The van der Waals surface area contributed by atoms with Gasteiger partial charge in [-0.05, 0) is 39.3 Å². The summed E-state index contributed by atoms with van der Waals surface area (Å²) < 4.78 is 5.69. The minimum atomic E-state index is 0.0372. The molecule has 0 aromatic carbocycles. The van der Waals surface area contributed by atoms with Gasteiger partial charge in [0.05, 0.1) is 6.61 Å². The second kappa shape index (κ2) is 9.99. The molecule has 19 heavy (non-hydrogen) atoms. The molecule has 0 aromatic heterocycles. The minimum absolute atomic E-state index is 0.0372. The van der Waals surface area contributed by atoms with Gasteiger partial charge in [-0.3, -0.25) is 4.90 Å². The first-order chi connectivity index (χ1) is 8.97. The number of ether oxygens (including phenoxy) is 1. The summed E-state index contributed by atoms with van der Waals surface area (Å²) in [5, 5.41) is 0. The van der Waals surface area contributed by atoms with Crippen LogP contribution in [0.25, 0.3) is 0 Å². The van der Waals surface area contributed by atoms with Crippen LogP contribution in [0.2, 0.25) is 0 Å². The Hall–Kier alpha value is -0.860. The smallest absolute Gasteiger partial charge is 0.0645 e. The highest BCUT2D eigenvalue weighted by Gasteiger charge is 2.23. The van der Waals surface area contributed by atoms with Crippen LogP contribution in [0.15, 0.2) is 36.5 Å². The zero-order valence-electron chi connectivity index (χ0n) is 13.4. The van der Waals surface area contributed by atoms with E-state index < -0.39 is 0 Å². The fourth-order valence-corrected chi connectivity index (χ4v) is 1.65. The van der Waals surface area contributed by atoms with Crippen LogP contribution >= 0.6 is 0 Å². The molecular weight excluding hydrogens is 234 g/mol. The van der Waals surface area contributed by atoms with Gasteiger partial charge >= 0.3 is 0 Å². The fourth-order valence-electron chi connectivity index (χ4n) is 1.65. The van der Waals surface area contributed by atoms with Crippen molar-refractivity contribution in [1.82, 2.24) is 4.90 Å². The molecule has 0 spiro atoms. The molecule has 0 unspecified atom stereocenters. The molecule has 0 saturated carbocycles. The van der Waals surface area contributed by atoms with E-state index >= 15 is 0 Å². The van der Waals surface area contributed by atoms with Gasteiger partial charge in [0.15, 0.2) is 0 Å².